The van der Waals surface area contributed by atoms with Crippen molar-refractivity contribution in [3.63, 3.8) is 0 Å². The van der Waals surface area contributed by atoms with Crippen LogP contribution in [0.1, 0.15) is 44.1 Å². The average Bonchev–Trinajstić information content (AvgIpc) is 2.47. The lowest BCUT2D eigenvalue weighted by atomic mass is 9.87. The third-order valence-corrected chi connectivity index (χ3v) is 3.74. The van der Waals surface area contributed by atoms with Crippen LogP contribution in [0, 0.1) is 5.92 Å². The smallest absolute Gasteiger partial charge is 0.306 e. The van der Waals surface area contributed by atoms with E-state index < -0.39 is 0 Å². The lowest BCUT2D eigenvalue weighted by Crippen LogP contribution is -2.14. The highest BCUT2D eigenvalue weighted by Crippen LogP contribution is 2.26. The van der Waals surface area contributed by atoms with E-state index in [4.69, 9.17) is 9.47 Å². The summed E-state index contributed by atoms with van der Waals surface area (Å²) in [6.07, 6.45) is 6.77. The largest absolute Gasteiger partial charge is 0.497 e. The van der Waals surface area contributed by atoms with Gasteiger partial charge in [0.25, 0.3) is 0 Å². The number of hydrogen-bond acceptors (Lipinski definition) is 3. The number of benzene rings is 1. The fourth-order valence-electron chi connectivity index (χ4n) is 2.57. The Hall–Kier alpha value is -1.51. The monoisotopic (exact) mass is 262 g/mol. The van der Waals surface area contributed by atoms with Gasteiger partial charge in [0.1, 0.15) is 12.4 Å². The van der Waals surface area contributed by atoms with Crippen molar-refractivity contribution in [3.05, 3.63) is 29.8 Å². The lowest BCUT2D eigenvalue weighted by Gasteiger charge is -2.20. The van der Waals surface area contributed by atoms with Crippen LogP contribution in [0.4, 0.5) is 0 Å². The van der Waals surface area contributed by atoms with E-state index in [1.165, 1.54) is 32.1 Å². The maximum absolute atomic E-state index is 11.8. The Balaban J connectivity index is 1.72. The molecule has 0 bridgehead atoms. The molecule has 2 rings (SSSR count). The molecule has 0 heterocycles. The van der Waals surface area contributed by atoms with Crippen LogP contribution < -0.4 is 4.74 Å². The topological polar surface area (TPSA) is 35.5 Å². The van der Waals surface area contributed by atoms with Gasteiger partial charge in [-0.15, -0.1) is 0 Å². The second-order valence-electron chi connectivity index (χ2n) is 5.22. The first kappa shape index (κ1) is 13.9. The van der Waals surface area contributed by atoms with Crippen molar-refractivity contribution in [2.45, 2.75) is 45.1 Å². The number of ether oxygens (including phenoxy) is 2. The molecule has 3 heteroatoms. The maximum atomic E-state index is 11.8. The van der Waals surface area contributed by atoms with Crippen LogP contribution in [0.5, 0.6) is 5.75 Å². The summed E-state index contributed by atoms with van der Waals surface area (Å²) in [5.74, 6) is 1.29. The first-order valence-electron chi connectivity index (χ1n) is 7.06. The summed E-state index contributed by atoms with van der Waals surface area (Å²) < 4.78 is 10.4. The molecule has 1 fully saturated rings. The molecule has 0 amide bonds. The SMILES string of the molecule is COc1ccc(COC(=O)CC2CCCCC2)cc1. The van der Waals surface area contributed by atoms with Gasteiger partial charge in [-0.2, -0.15) is 0 Å². The van der Waals surface area contributed by atoms with E-state index >= 15 is 0 Å². The van der Waals surface area contributed by atoms with E-state index in [0.717, 1.165) is 11.3 Å². The summed E-state index contributed by atoms with van der Waals surface area (Å²) in [5, 5.41) is 0. The number of carbonyl (C=O) groups excluding carboxylic acids is 1. The molecule has 104 valence electrons. The molecule has 0 spiro atoms. The molecule has 19 heavy (non-hydrogen) atoms. The number of hydrogen-bond donors (Lipinski definition) is 0. The summed E-state index contributed by atoms with van der Waals surface area (Å²) in [7, 11) is 1.64. The minimum atomic E-state index is -0.0669. The van der Waals surface area contributed by atoms with Gasteiger partial charge in [0.2, 0.25) is 0 Å². The van der Waals surface area contributed by atoms with Gasteiger partial charge in [-0.1, -0.05) is 31.4 Å². The van der Waals surface area contributed by atoms with E-state index in [9.17, 15) is 4.79 Å². The Labute approximate surface area is 114 Å². The van der Waals surface area contributed by atoms with Gasteiger partial charge in [0.05, 0.1) is 7.11 Å². The van der Waals surface area contributed by atoms with Gasteiger partial charge in [0.15, 0.2) is 0 Å². The summed E-state index contributed by atoms with van der Waals surface area (Å²) in [4.78, 5) is 11.8. The first-order valence-corrected chi connectivity index (χ1v) is 7.06. The highest BCUT2D eigenvalue weighted by Gasteiger charge is 2.17. The van der Waals surface area contributed by atoms with Gasteiger partial charge in [-0.05, 0) is 36.5 Å². The Morgan fingerprint density at radius 2 is 1.84 bits per heavy atom. The van der Waals surface area contributed by atoms with E-state index in [-0.39, 0.29) is 5.97 Å². The fourth-order valence-corrected chi connectivity index (χ4v) is 2.57. The van der Waals surface area contributed by atoms with Gasteiger partial charge in [-0.25, -0.2) is 0 Å². The Kier molecular flexibility index (Phi) is 5.25. The standard InChI is InChI=1S/C16H22O3/c1-18-15-9-7-14(8-10-15)12-19-16(17)11-13-5-3-2-4-6-13/h7-10,13H,2-6,11-12H2,1H3. The predicted octanol–water partition coefficient (Wildman–Crippen LogP) is 3.71. The van der Waals surface area contributed by atoms with Crippen LogP contribution in [0.3, 0.4) is 0 Å². The Morgan fingerprint density at radius 3 is 2.47 bits per heavy atom. The van der Waals surface area contributed by atoms with Crippen molar-refractivity contribution in [1.29, 1.82) is 0 Å². The average molecular weight is 262 g/mol. The minimum absolute atomic E-state index is 0.0669. The third-order valence-electron chi connectivity index (χ3n) is 3.74. The van der Waals surface area contributed by atoms with Gasteiger partial charge in [0, 0.05) is 6.42 Å². The number of esters is 1. The van der Waals surface area contributed by atoms with Crippen LogP contribution in [0.2, 0.25) is 0 Å². The molecule has 3 nitrogen and oxygen atoms in total. The normalized spacial score (nSPS) is 16.1. The van der Waals surface area contributed by atoms with Crippen molar-refractivity contribution in [2.75, 3.05) is 7.11 Å². The highest BCUT2D eigenvalue weighted by molar-refractivity contribution is 5.69. The summed E-state index contributed by atoms with van der Waals surface area (Å²) >= 11 is 0. The summed E-state index contributed by atoms with van der Waals surface area (Å²) in [5.41, 5.74) is 0.998. The van der Waals surface area contributed by atoms with Crippen LogP contribution in [-0.2, 0) is 16.1 Å². The van der Waals surface area contributed by atoms with E-state index in [2.05, 4.69) is 0 Å². The van der Waals surface area contributed by atoms with Crippen molar-refractivity contribution < 1.29 is 14.3 Å². The van der Waals surface area contributed by atoms with Crippen LogP contribution >= 0.6 is 0 Å². The Bertz CT molecular complexity index is 391. The molecule has 1 aromatic carbocycles. The second-order valence-corrected chi connectivity index (χ2v) is 5.22. The number of carbonyl (C=O) groups is 1. The van der Waals surface area contributed by atoms with E-state index in [1.807, 2.05) is 24.3 Å². The molecule has 0 aliphatic heterocycles. The van der Waals surface area contributed by atoms with Crippen molar-refractivity contribution in [3.8, 4) is 5.75 Å². The van der Waals surface area contributed by atoms with Crippen molar-refractivity contribution >= 4 is 5.97 Å². The second kappa shape index (κ2) is 7.17. The van der Waals surface area contributed by atoms with Crippen LogP contribution in [-0.4, -0.2) is 13.1 Å². The molecular weight excluding hydrogens is 240 g/mol. The zero-order valence-electron chi connectivity index (χ0n) is 11.6. The number of methoxy groups -OCH3 is 1. The molecule has 0 aromatic heterocycles. The van der Waals surface area contributed by atoms with E-state index in [1.54, 1.807) is 7.11 Å². The first-order chi connectivity index (χ1) is 9.28. The lowest BCUT2D eigenvalue weighted by molar-refractivity contribution is -0.146. The van der Waals surface area contributed by atoms with Gasteiger partial charge >= 0.3 is 5.97 Å². The molecule has 0 radical (unpaired) electrons. The van der Waals surface area contributed by atoms with Gasteiger partial charge < -0.3 is 9.47 Å². The predicted molar refractivity (Wildman–Crippen MR) is 74.0 cm³/mol. The molecular formula is C16H22O3. The van der Waals surface area contributed by atoms with Crippen LogP contribution in [0.15, 0.2) is 24.3 Å². The quantitative estimate of drug-likeness (QED) is 0.759. The summed E-state index contributed by atoms with van der Waals surface area (Å²) in [6.45, 7) is 0.357. The third kappa shape index (κ3) is 4.58. The molecule has 0 atom stereocenters. The zero-order valence-corrected chi connectivity index (χ0v) is 11.6. The molecule has 1 aromatic rings. The number of rotatable bonds is 5. The fraction of sp³-hybridized carbons (Fsp3) is 0.562. The van der Waals surface area contributed by atoms with Crippen molar-refractivity contribution in [1.82, 2.24) is 0 Å². The highest BCUT2D eigenvalue weighted by atomic mass is 16.5. The Morgan fingerprint density at radius 1 is 1.16 bits per heavy atom. The van der Waals surface area contributed by atoms with Crippen LogP contribution in [0.25, 0.3) is 0 Å². The maximum Gasteiger partial charge on any atom is 0.306 e. The molecule has 1 aliphatic rings. The molecule has 0 saturated heterocycles. The zero-order chi connectivity index (χ0) is 13.5. The molecule has 0 N–H and O–H groups in total. The molecule has 1 aliphatic carbocycles. The van der Waals surface area contributed by atoms with Gasteiger partial charge in [-0.3, -0.25) is 4.79 Å². The molecule has 0 unspecified atom stereocenters. The molecule has 1 saturated carbocycles. The minimum Gasteiger partial charge on any atom is -0.497 e. The summed E-state index contributed by atoms with van der Waals surface area (Å²) in [6, 6.07) is 7.61. The van der Waals surface area contributed by atoms with E-state index in [0.29, 0.717) is 18.9 Å². The van der Waals surface area contributed by atoms with Crippen molar-refractivity contribution in [2.24, 2.45) is 5.92 Å².